The molecule has 0 unspecified atom stereocenters. The third kappa shape index (κ3) is 1.73. The Morgan fingerprint density at radius 1 is 1.71 bits per heavy atom. The molecule has 72 valence electrons. The van der Waals surface area contributed by atoms with E-state index in [1.54, 1.807) is 12.1 Å². The third-order valence-electron chi connectivity index (χ3n) is 1.84. The van der Waals surface area contributed by atoms with Crippen LogP contribution in [0.1, 0.15) is 11.1 Å². The molecule has 0 heterocycles. The van der Waals surface area contributed by atoms with Crippen LogP contribution >= 0.6 is 15.9 Å². The quantitative estimate of drug-likeness (QED) is 0.627. The van der Waals surface area contributed by atoms with Gasteiger partial charge >= 0.3 is 0 Å². The van der Waals surface area contributed by atoms with E-state index in [0.717, 1.165) is 0 Å². The molecule has 0 amide bonds. The molecule has 0 aliphatic carbocycles. The largest absolute Gasteiger partial charge is 0.506 e. The van der Waals surface area contributed by atoms with Crippen molar-refractivity contribution in [1.29, 1.82) is 5.26 Å². The van der Waals surface area contributed by atoms with Crippen LogP contribution in [-0.4, -0.2) is 5.11 Å². The standard InChI is InChI=1S/C10H9BrN2O/c1-2-3-6-8(11)4-9(13)7(5-12)10(6)14/h2,4,14H,1,3,13H2. The van der Waals surface area contributed by atoms with Crippen LogP contribution in [0, 0.1) is 11.3 Å². The number of nitriles is 1. The maximum Gasteiger partial charge on any atom is 0.140 e. The number of anilines is 1. The molecule has 0 aromatic heterocycles. The highest BCUT2D eigenvalue weighted by molar-refractivity contribution is 9.10. The zero-order valence-electron chi connectivity index (χ0n) is 7.42. The fraction of sp³-hybridized carbons (Fsp3) is 0.100. The van der Waals surface area contributed by atoms with Gasteiger partial charge in [0.05, 0.1) is 5.69 Å². The number of allylic oxidation sites excluding steroid dienone is 1. The van der Waals surface area contributed by atoms with Gasteiger partial charge in [0.1, 0.15) is 17.4 Å². The smallest absolute Gasteiger partial charge is 0.140 e. The number of benzene rings is 1. The van der Waals surface area contributed by atoms with E-state index < -0.39 is 0 Å². The predicted octanol–water partition coefficient (Wildman–Crippen LogP) is 2.34. The summed E-state index contributed by atoms with van der Waals surface area (Å²) in [5, 5.41) is 18.5. The van der Waals surface area contributed by atoms with Gasteiger partial charge in [-0.15, -0.1) is 6.58 Å². The lowest BCUT2D eigenvalue weighted by Crippen LogP contribution is -1.95. The molecule has 3 N–H and O–H groups in total. The van der Waals surface area contributed by atoms with Gasteiger partial charge in [-0.3, -0.25) is 0 Å². The molecule has 4 heteroatoms. The number of nitrogen functional groups attached to an aromatic ring is 1. The maximum atomic E-state index is 9.70. The Kier molecular flexibility index (Phi) is 3.15. The SMILES string of the molecule is C=CCc1c(Br)cc(N)c(C#N)c1O. The van der Waals surface area contributed by atoms with Gasteiger partial charge in [-0.1, -0.05) is 22.0 Å². The second-order valence-corrected chi connectivity index (χ2v) is 3.61. The van der Waals surface area contributed by atoms with Gasteiger partial charge in [0.25, 0.3) is 0 Å². The van der Waals surface area contributed by atoms with Crippen molar-refractivity contribution in [3.05, 3.63) is 34.3 Å². The molecule has 0 bridgehead atoms. The summed E-state index contributed by atoms with van der Waals surface area (Å²) in [7, 11) is 0. The van der Waals surface area contributed by atoms with Gasteiger partial charge in [0.15, 0.2) is 0 Å². The molecule has 0 saturated carbocycles. The first-order valence-corrected chi connectivity index (χ1v) is 4.72. The Balaban J connectivity index is 3.45. The highest BCUT2D eigenvalue weighted by atomic mass is 79.9. The minimum absolute atomic E-state index is 0.0701. The Hall–Kier alpha value is -1.47. The fourth-order valence-corrected chi connectivity index (χ4v) is 1.75. The summed E-state index contributed by atoms with van der Waals surface area (Å²) in [4.78, 5) is 0. The number of aromatic hydroxyl groups is 1. The van der Waals surface area contributed by atoms with Crippen molar-refractivity contribution >= 4 is 21.6 Å². The fourth-order valence-electron chi connectivity index (χ4n) is 1.15. The summed E-state index contributed by atoms with van der Waals surface area (Å²) in [5.41, 5.74) is 6.57. The lowest BCUT2D eigenvalue weighted by atomic mass is 10.1. The number of phenols is 1. The summed E-state index contributed by atoms with van der Waals surface area (Å²) >= 11 is 3.27. The first-order valence-electron chi connectivity index (χ1n) is 3.92. The van der Waals surface area contributed by atoms with Crippen LogP contribution in [0.5, 0.6) is 5.75 Å². The molecule has 3 nitrogen and oxygen atoms in total. The first-order chi connectivity index (χ1) is 6.61. The monoisotopic (exact) mass is 252 g/mol. The molecule has 0 aliphatic heterocycles. The molecule has 1 aromatic carbocycles. The Morgan fingerprint density at radius 3 is 2.86 bits per heavy atom. The van der Waals surface area contributed by atoms with Crippen LogP contribution < -0.4 is 5.73 Å². The van der Waals surface area contributed by atoms with Gasteiger partial charge in [0.2, 0.25) is 0 Å². The van der Waals surface area contributed by atoms with Crippen molar-refractivity contribution in [2.45, 2.75) is 6.42 Å². The summed E-state index contributed by atoms with van der Waals surface area (Å²) in [6.07, 6.45) is 2.14. The number of phenolic OH excluding ortho intramolecular Hbond substituents is 1. The van der Waals surface area contributed by atoms with E-state index in [9.17, 15) is 5.11 Å². The maximum absolute atomic E-state index is 9.70. The molecular weight excluding hydrogens is 244 g/mol. The van der Waals surface area contributed by atoms with E-state index in [-0.39, 0.29) is 17.0 Å². The second kappa shape index (κ2) is 4.16. The van der Waals surface area contributed by atoms with Crippen LogP contribution in [0.3, 0.4) is 0 Å². The molecule has 1 aromatic rings. The Bertz CT molecular complexity index is 421. The second-order valence-electron chi connectivity index (χ2n) is 2.75. The normalized spacial score (nSPS) is 9.43. The molecule has 14 heavy (non-hydrogen) atoms. The van der Waals surface area contributed by atoms with Crippen molar-refractivity contribution in [3.63, 3.8) is 0 Å². The summed E-state index contributed by atoms with van der Waals surface area (Å²) in [5.74, 6) is -0.0701. The van der Waals surface area contributed by atoms with Crippen molar-refractivity contribution in [2.75, 3.05) is 5.73 Å². The molecule has 0 atom stereocenters. The Morgan fingerprint density at radius 2 is 2.36 bits per heavy atom. The van der Waals surface area contributed by atoms with Crippen molar-refractivity contribution in [2.24, 2.45) is 0 Å². The first kappa shape index (κ1) is 10.6. The van der Waals surface area contributed by atoms with Gasteiger partial charge in [-0.05, 0) is 12.5 Å². The van der Waals surface area contributed by atoms with Gasteiger partial charge < -0.3 is 10.8 Å². The minimum atomic E-state index is -0.0701. The number of halogens is 1. The van der Waals surface area contributed by atoms with Gasteiger partial charge in [-0.2, -0.15) is 5.26 Å². The Labute approximate surface area is 90.6 Å². The molecule has 0 aliphatic rings. The third-order valence-corrected chi connectivity index (χ3v) is 2.55. The molecule has 0 fully saturated rings. The van der Waals surface area contributed by atoms with Crippen LogP contribution in [0.15, 0.2) is 23.2 Å². The van der Waals surface area contributed by atoms with E-state index in [1.807, 2.05) is 6.07 Å². The molecule has 1 rings (SSSR count). The molecule has 0 radical (unpaired) electrons. The number of rotatable bonds is 2. The summed E-state index contributed by atoms with van der Waals surface area (Å²) in [6, 6.07) is 3.47. The zero-order chi connectivity index (χ0) is 10.7. The molecular formula is C10H9BrN2O. The highest BCUT2D eigenvalue weighted by Gasteiger charge is 2.13. The average Bonchev–Trinajstić information content (AvgIpc) is 2.12. The van der Waals surface area contributed by atoms with Crippen LogP contribution in [0.4, 0.5) is 5.69 Å². The van der Waals surface area contributed by atoms with E-state index in [1.165, 1.54) is 0 Å². The van der Waals surface area contributed by atoms with E-state index in [2.05, 4.69) is 22.5 Å². The van der Waals surface area contributed by atoms with Gasteiger partial charge in [-0.25, -0.2) is 0 Å². The molecule has 0 spiro atoms. The zero-order valence-corrected chi connectivity index (χ0v) is 9.00. The van der Waals surface area contributed by atoms with Crippen LogP contribution in [0.2, 0.25) is 0 Å². The topological polar surface area (TPSA) is 70.0 Å². The van der Waals surface area contributed by atoms with Crippen LogP contribution in [-0.2, 0) is 6.42 Å². The number of hydrogen-bond acceptors (Lipinski definition) is 3. The number of nitrogens with zero attached hydrogens (tertiary/aromatic N) is 1. The van der Waals surface area contributed by atoms with Gasteiger partial charge in [0, 0.05) is 10.0 Å². The van der Waals surface area contributed by atoms with E-state index >= 15 is 0 Å². The van der Waals surface area contributed by atoms with Crippen molar-refractivity contribution in [3.8, 4) is 11.8 Å². The van der Waals surface area contributed by atoms with Crippen molar-refractivity contribution in [1.82, 2.24) is 0 Å². The summed E-state index contributed by atoms with van der Waals surface area (Å²) in [6.45, 7) is 3.57. The van der Waals surface area contributed by atoms with E-state index in [4.69, 9.17) is 11.0 Å². The lowest BCUT2D eigenvalue weighted by molar-refractivity contribution is 0.468. The number of nitrogens with two attached hydrogens (primary N) is 1. The van der Waals surface area contributed by atoms with E-state index in [0.29, 0.717) is 16.5 Å². The van der Waals surface area contributed by atoms with Crippen LogP contribution in [0.25, 0.3) is 0 Å². The molecule has 0 saturated heterocycles. The minimum Gasteiger partial charge on any atom is -0.506 e. The lowest BCUT2D eigenvalue weighted by Gasteiger charge is -2.08. The average molecular weight is 253 g/mol. The number of hydrogen-bond donors (Lipinski definition) is 2. The summed E-state index contributed by atoms with van der Waals surface area (Å²) < 4.78 is 0.686. The van der Waals surface area contributed by atoms with Crippen molar-refractivity contribution < 1.29 is 5.11 Å². The predicted molar refractivity (Wildman–Crippen MR) is 58.8 cm³/mol. The highest BCUT2D eigenvalue weighted by Crippen LogP contribution is 2.34.